The summed E-state index contributed by atoms with van der Waals surface area (Å²) >= 11 is 6.08. The first-order chi connectivity index (χ1) is 13.9. The van der Waals surface area contributed by atoms with Gasteiger partial charge in [-0.2, -0.15) is 0 Å². The van der Waals surface area contributed by atoms with Crippen molar-refractivity contribution >= 4 is 28.9 Å². The average Bonchev–Trinajstić information content (AvgIpc) is 2.74. The predicted molar refractivity (Wildman–Crippen MR) is 110 cm³/mol. The number of nitrogens with one attached hydrogen (secondary N) is 1. The molecule has 0 unspecified atom stereocenters. The number of anilines is 1. The molecule has 0 saturated heterocycles. The van der Waals surface area contributed by atoms with E-state index in [1.54, 1.807) is 42.5 Å². The van der Waals surface area contributed by atoms with Crippen molar-refractivity contribution in [2.24, 2.45) is 0 Å². The Hall–Kier alpha value is -3.42. The van der Waals surface area contributed by atoms with Crippen LogP contribution in [0.2, 0.25) is 5.02 Å². The lowest BCUT2D eigenvalue weighted by molar-refractivity contribution is -0.385. The number of aliphatic hydroxyl groups is 1. The lowest BCUT2D eigenvalue weighted by Crippen LogP contribution is -2.15. The fourth-order valence-corrected chi connectivity index (χ4v) is 3.04. The Bertz CT molecular complexity index is 1060. The molecule has 0 aliphatic heterocycles. The molecule has 0 aliphatic carbocycles. The van der Waals surface area contributed by atoms with E-state index in [0.717, 1.165) is 6.07 Å². The maximum absolute atomic E-state index is 12.7. The van der Waals surface area contributed by atoms with Gasteiger partial charge in [0.25, 0.3) is 5.91 Å². The third-order valence-corrected chi connectivity index (χ3v) is 4.54. The monoisotopic (exact) mass is 412 g/mol. The molecule has 0 spiro atoms. The minimum atomic E-state index is -1.02. The number of nitro groups is 1. The molecule has 0 heterocycles. The largest absolute Gasteiger partial charge is 0.490 e. The molecule has 0 aromatic heterocycles. The minimum absolute atomic E-state index is 0.0539. The van der Waals surface area contributed by atoms with Crippen LogP contribution in [0.3, 0.4) is 0 Å². The van der Waals surface area contributed by atoms with Gasteiger partial charge in [-0.05, 0) is 35.9 Å². The zero-order valence-corrected chi connectivity index (χ0v) is 16.1. The third kappa shape index (κ3) is 4.53. The number of hydrogen-bond donors (Lipinski definition) is 2. The van der Waals surface area contributed by atoms with E-state index in [-0.39, 0.29) is 17.0 Å². The van der Waals surface area contributed by atoms with Crippen LogP contribution in [0.25, 0.3) is 0 Å². The van der Waals surface area contributed by atoms with Crippen LogP contribution in [0.4, 0.5) is 11.4 Å². The van der Waals surface area contributed by atoms with Crippen molar-refractivity contribution in [3.05, 3.63) is 98.6 Å². The molecule has 148 valence electrons. The summed E-state index contributed by atoms with van der Waals surface area (Å²) in [6.45, 7) is 0. The number of aliphatic hydroxyl groups excluding tert-OH is 1. The molecule has 0 radical (unpaired) electrons. The number of hydrogen-bond acceptors (Lipinski definition) is 5. The molecular formula is C21H17ClN2O5. The summed E-state index contributed by atoms with van der Waals surface area (Å²) in [7, 11) is 1.31. The standard InChI is InChI=1S/C21H17ClN2O5/c1-29-19-10-7-14(11-18(19)24(27)28)21(26)23-17-9-8-15(22)12-16(17)20(25)13-5-3-2-4-6-13/h2-12,20,25H,1H3,(H,23,26)/t20-/m1/s1. The molecule has 1 amide bonds. The van der Waals surface area contributed by atoms with Crippen LogP contribution in [0.15, 0.2) is 66.7 Å². The average molecular weight is 413 g/mol. The fraction of sp³-hybridized carbons (Fsp3) is 0.0952. The van der Waals surface area contributed by atoms with E-state index in [4.69, 9.17) is 16.3 Å². The fourth-order valence-electron chi connectivity index (χ4n) is 2.86. The van der Waals surface area contributed by atoms with Crippen molar-refractivity contribution in [2.45, 2.75) is 6.10 Å². The van der Waals surface area contributed by atoms with Crippen molar-refractivity contribution < 1.29 is 19.6 Å². The van der Waals surface area contributed by atoms with E-state index in [1.807, 2.05) is 6.07 Å². The summed E-state index contributed by atoms with van der Waals surface area (Å²) < 4.78 is 4.95. The van der Waals surface area contributed by atoms with Crippen LogP contribution >= 0.6 is 11.6 Å². The number of methoxy groups -OCH3 is 1. The van der Waals surface area contributed by atoms with Gasteiger partial charge in [-0.15, -0.1) is 0 Å². The summed E-state index contributed by atoms with van der Waals surface area (Å²) in [6, 6.07) is 17.5. The second-order valence-corrected chi connectivity index (χ2v) is 6.58. The number of carbonyl (C=O) groups excluding carboxylic acids is 1. The highest BCUT2D eigenvalue weighted by Gasteiger charge is 2.20. The number of rotatable bonds is 6. The minimum Gasteiger partial charge on any atom is -0.490 e. The summed E-state index contributed by atoms with van der Waals surface area (Å²) in [5.74, 6) is -0.516. The van der Waals surface area contributed by atoms with Crippen molar-refractivity contribution in [3.63, 3.8) is 0 Å². The van der Waals surface area contributed by atoms with Crippen LogP contribution in [0, 0.1) is 10.1 Å². The van der Waals surface area contributed by atoms with Crippen LogP contribution in [0.1, 0.15) is 27.6 Å². The van der Waals surface area contributed by atoms with Gasteiger partial charge < -0.3 is 15.2 Å². The van der Waals surface area contributed by atoms with Crippen molar-refractivity contribution in [2.75, 3.05) is 12.4 Å². The second-order valence-electron chi connectivity index (χ2n) is 6.14. The van der Waals surface area contributed by atoms with E-state index in [2.05, 4.69) is 5.32 Å². The predicted octanol–water partition coefficient (Wildman–Crippen LogP) is 4.59. The Morgan fingerprint density at radius 1 is 1.14 bits per heavy atom. The van der Waals surface area contributed by atoms with Gasteiger partial charge in [0.05, 0.1) is 12.0 Å². The molecule has 0 saturated carbocycles. The highest BCUT2D eigenvalue weighted by atomic mass is 35.5. The first-order valence-corrected chi connectivity index (χ1v) is 8.94. The van der Waals surface area contributed by atoms with Crippen LogP contribution in [0.5, 0.6) is 5.75 Å². The van der Waals surface area contributed by atoms with Gasteiger partial charge in [-0.25, -0.2) is 0 Å². The van der Waals surface area contributed by atoms with Gasteiger partial charge in [-0.1, -0.05) is 41.9 Å². The highest BCUT2D eigenvalue weighted by Crippen LogP contribution is 2.32. The van der Waals surface area contributed by atoms with Crippen molar-refractivity contribution in [3.8, 4) is 5.75 Å². The van der Waals surface area contributed by atoms with Crippen LogP contribution in [-0.2, 0) is 0 Å². The van der Waals surface area contributed by atoms with Crippen molar-refractivity contribution in [1.82, 2.24) is 0 Å². The second kappa shape index (κ2) is 8.72. The van der Waals surface area contributed by atoms with Crippen LogP contribution < -0.4 is 10.1 Å². The first-order valence-electron chi connectivity index (χ1n) is 8.57. The van der Waals surface area contributed by atoms with Gasteiger partial charge in [0.2, 0.25) is 0 Å². The quantitative estimate of drug-likeness (QED) is 0.455. The molecule has 1 atom stereocenters. The zero-order valence-electron chi connectivity index (χ0n) is 15.3. The topological polar surface area (TPSA) is 102 Å². The normalized spacial score (nSPS) is 11.6. The Balaban J connectivity index is 1.94. The number of halogens is 1. The van der Waals surface area contributed by atoms with Crippen molar-refractivity contribution in [1.29, 1.82) is 0 Å². The number of nitro benzene ring substituents is 1. The molecule has 0 fully saturated rings. The SMILES string of the molecule is COc1ccc(C(=O)Nc2ccc(Cl)cc2[C@H](O)c2ccccc2)cc1[N+](=O)[O-]. The molecule has 7 nitrogen and oxygen atoms in total. The first kappa shape index (κ1) is 20.3. The molecule has 2 N–H and O–H groups in total. The Morgan fingerprint density at radius 2 is 1.86 bits per heavy atom. The van der Waals surface area contributed by atoms with E-state index < -0.39 is 16.9 Å². The number of amides is 1. The molecule has 0 aliphatic rings. The van der Waals surface area contributed by atoms with E-state index >= 15 is 0 Å². The van der Waals surface area contributed by atoms with Gasteiger partial charge >= 0.3 is 5.69 Å². The van der Waals surface area contributed by atoms with Crippen LogP contribution in [-0.4, -0.2) is 23.0 Å². The number of ether oxygens (including phenoxy) is 1. The summed E-state index contributed by atoms with van der Waals surface area (Å²) in [5.41, 5.74) is 1.13. The Morgan fingerprint density at radius 3 is 2.52 bits per heavy atom. The molecule has 29 heavy (non-hydrogen) atoms. The lowest BCUT2D eigenvalue weighted by Gasteiger charge is -2.17. The molecule has 3 aromatic rings. The molecular weight excluding hydrogens is 396 g/mol. The number of benzene rings is 3. The van der Waals surface area contributed by atoms with E-state index in [0.29, 0.717) is 21.8 Å². The molecule has 0 bridgehead atoms. The Labute approximate surface area is 171 Å². The van der Waals surface area contributed by atoms with E-state index in [9.17, 15) is 20.0 Å². The third-order valence-electron chi connectivity index (χ3n) is 4.31. The lowest BCUT2D eigenvalue weighted by atomic mass is 9.99. The maximum Gasteiger partial charge on any atom is 0.311 e. The van der Waals surface area contributed by atoms with Gasteiger partial charge in [0.1, 0.15) is 6.10 Å². The molecule has 3 rings (SSSR count). The Kier molecular flexibility index (Phi) is 6.11. The molecule has 3 aromatic carbocycles. The number of carbonyl (C=O) groups is 1. The van der Waals surface area contributed by atoms with Gasteiger partial charge in [0.15, 0.2) is 5.75 Å². The van der Waals surface area contributed by atoms with Gasteiger partial charge in [0, 0.05) is 27.9 Å². The van der Waals surface area contributed by atoms with E-state index in [1.165, 1.54) is 19.2 Å². The summed E-state index contributed by atoms with van der Waals surface area (Å²) in [6.07, 6.45) is -1.02. The van der Waals surface area contributed by atoms with Gasteiger partial charge in [-0.3, -0.25) is 14.9 Å². The molecule has 8 heteroatoms. The zero-order chi connectivity index (χ0) is 21.0. The number of nitrogens with zero attached hydrogens (tertiary/aromatic N) is 1. The maximum atomic E-state index is 12.7. The highest BCUT2D eigenvalue weighted by molar-refractivity contribution is 6.30. The smallest absolute Gasteiger partial charge is 0.311 e. The summed E-state index contributed by atoms with van der Waals surface area (Å²) in [5, 5.41) is 25.0. The summed E-state index contributed by atoms with van der Waals surface area (Å²) in [4.78, 5) is 23.3.